The molecule has 2 nitrogen and oxygen atoms in total. The van der Waals surface area contributed by atoms with Crippen LogP contribution in [-0.4, -0.2) is 47.6 Å². The van der Waals surface area contributed by atoms with Crippen molar-refractivity contribution in [2.24, 2.45) is 5.41 Å². The Labute approximate surface area is 118 Å². The van der Waals surface area contributed by atoms with Crippen LogP contribution in [0.3, 0.4) is 0 Å². The van der Waals surface area contributed by atoms with Crippen LogP contribution in [0, 0.1) is 5.41 Å². The van der Waals surface area contributed by atoms with E-state index in [9.17, 15) is 0 Å². The van der Waals surface area contributed by atoms with E-state index in [1.807, 2.05) is 0 Å². The van der Waals surface area contributed by atoms with Crippen LogP contribution in [0.2, 0.25) is 0 Å². The van der Waals surface area contributed by atoms with Gasteiger partial charge in [0, 0.05) is 36.2 Å². The van der Waals surface area contributed by atoms with Crippen LogP contribution in [0.15, 0.2) is 0 Å². The molecule has 0 bridgehead atoms. The summed E-state index contributed by atoms with van der Waals surface area (Å²) in [4.78, 5) is 2.69. The minimum Gasteiger partial charge on any atom is -0.314 e. The molecule has 1 fully saturated rings. The highest BCUT2D eigenvalue weighted by Gasteiger charge is 2.33. The first kappa shape index (κ1) is 16.3. The maximum atomic E-state index is 3.66. The van der Waals surface area contributed by atoms with Crippen LogP contribution in [0.4, 0.5) is 0 Å². The van der Waals surface area contributed by atoms with Crippen LogP contribution in [0.5, 0.6) is 0 Å². The average Bonchev–Trinajstić information content (AvgIpc) is 2.31. The minimum atomic E-state index is 0.338. The van der Waals surface area contributed by atoms with E-state index < -0.39 is 0 Å². The topological polar surface area (TPSA) is 15.3 Å². The fraction of sp³-hybridized carbons (Fsp3) is 1.00. The van der Waals surface area contributed by atoms with Gasteiger partial charge in [-0.05, 0) is 32.2 Å². The second-order valence-electron chi connectivity index (χ2n) is 6.45. The molecule has 1 N–H and O–H groups in total. The van der Waals surface area contributed by atoms with Crippen molar-refractivity contribution in [3.05, 3.63) is 0 Å². The van der Waals surface area contributed by atoms with Crippen molar-refractivity contribution in [3.8, 4) is 0 Å². The first-order chi connectivity index (χ1) is 8.38. The molecule has 1 aliphatic heterocycles. The van der Waals surface area contributed by atoms with E-state index in [-0.39, 0.29) is 0 Å². The Morgan fingerprint density at radius 3 is 2.67 bits per heavy atom. The molecule has 0 spiro atoms. The first-order valence-electron chi connectivity index (χ1n) is 7.47. The third-order valence-corrected chi connectivity index (χ3v) is 5.84. The van der Waals surface area contributed by atoms with Gasteiger partial charge in [-0.2, -0.15) is 11.8 Å². The van der Waals surface area contributed by atoms with E-state index in [0.717, 1.165) is 11.8 Å². The molecular formula is C15H32N2S. The normalized spacial score (nSPS) is 28.3. The molecule has 3 unspecified atom stereocenters. The largest absolute Gasteiger partial charge is 0.314 e. The number of hydrogen-bond donors (Lipinski definition) is 1. The summed E-state index contributed by atoms with van der Waals surface area (Å²) in [6.07, 6.45) is 1.22. The summed E-state index contributed by atoms with van der Waals surface area (Å²) in [5.41, 5.74) is 0.338. The summed E-state index contributed by atoms with van der Waals surface area (Å²) >= 11 is 2.12. The fourth-order valence-corrected chi connectivity index (χ4v) is 3.68. The average molecular weight is 273 g/mol. The van der Waals surface area contributed by atoms with Crippen LogP contribution >= 0.6 is 11.8 Å². The smallest absolute Gasteiger partial charge is 0.0184 e. The molecule has 0 saturated carbocycles. The Balaban J connectivity index is 2.52. The van der Waals surface area contributed by atoms with Gasteiger partial charge in [0.05, 0.1) is 0 Å². The van der Waals surface area contributed by atoms with E-state index >= 15 is 0 Å². The Hall–Kier alpha value is 0.270. The lowest BCUT2D eigenvalue weighted by molar-refractivity contribution is 0.113. The van der Waals surface area contributed by atoms with Crippen molar-refractivity contribution >= 4 is 11.8 Å². The standard InChI is InChI=1S/C15H32N2S/c1-7-8-16-14(4)15(5,6)11-17-9-10-18-13(3)12(17)2/h12-14,16H,7-11H2,1-6H3. The third-order valence-electron chi connectivity index (χ3n) is 4.50. The summed E-state index contributed by atoms with van der Waals surface area (Å²) in [5.74, 6) is 1.29. The van der Waals surface area contributed by atoms with Crippen molar-refractivity contribution in [2.45, 2.75) is 65.3 Å². The number of rotatable bonds is 6. The summed E-state index contributed by atoms with van der Waals surface area (Å²) < 4.78 is 0. The molecule has 0 amide bonds. The lowest BCUT2D eigenvalue weighted by Crippen LogP contribution is -2.53. The molecule has 3 atom stereocenters. The molecule has 1 aliphatic rings. The minimum absolute atomic E-state index is 0.338. The van der Waals surface area contributed by atoms with Gasteiger partial charge in [-0.25, -0.2) is 0 Å². The Bertz CT molecular complexity index is 243. The predicted molar refractivity (Wildman–Crippen MR) is 84.5 cm³/mol. The van der Waals surface area contributed by atoms with E-state index in [1.54, 1.807) is 0 Å². The van der Waals surface area contributed by atoms with Crippen LogP contribution in [0.1, 0.15) is 48.0 Å². The van der Waals surface area contributed by atoms with Crippen molar-refractivity contribution in [2.75, 3.05) is 25.4 Å². The molecule has 3 heteroatoms. The highest BCUT2D eigenvalue weighted by molar-refractivity contribution is 8.00. The SMILES string of the molecule is CCCNC(C)C(C)(C)CN1CCSC(C)C1C. The summed E-state index contributed by atoms with van der Waals surface area (Å²) in [7, 11) is 0. The van der Waals surface area contributed by atoms with Crippen molar-refractivity contribution in [1.29, 1.82) is 0 Å². The predicted octanol–water partition coefficient (Wildman–Crippen LogP) is 3.23. The third kappa shape index (κ3) is 4.43. The summed E-state index contributed by atoms with van der Waals surface area (Å²) in [6, 6.07) is 1.29. The first-order valence-corrected chi connectivity index (χ1v) is 8.52. The number of hydrogen-bond acceptors (Lipinski definition) is 3. The molecule has 0 aromatic rings. The van der Waals surface area contributed by atoms with E-state index in [1.165, 1.54) is 25.3 Å². The molecule has 18 heavy (non-hydrogen) atoms. The van der Waals surface area contributed by atoms with Crippen molar-refractivity contribution < 1.29 is 0 Å². The van der Waals surface area contributed by atoms with Gasteiger partial charge in [0.2, 0.25) is 0 Å². The van der Waals surface area contributed by atoms with Crippen molar-refractivity contribution in [3.63, 3.8) is 0 Å². The lowest BCUT2D eigenvalue weighted by atomic mass is 9.84. The highest BCUT2D eigenvalue weighted by Crippen LogP contribution is 2.29. The number of nitrogens with zero attached hydrogens (tertiary/aromatic N) is 1. The summed E-state index contributed by atoms with van der Waals surface area (Å²) in [6.45, 7) is 17.7. The molecule has 1 saturated heterocycles. The zero-order valence-electron chi connectivity index (χ0n) is 13.1. The van der Waals surface area contributed by atoms with Gasteiger partial charge in [0.1, 0.15) is 0 Å². The van der Waals surface area contributed by atoms with Gasteiger partial charge in [-0.1, -0.05) is 27.7 Å². The molecule has 0 radical (unpaired) electrons. The molecule has 0 aliphatic carbocycles. The second kappa shape index (κ2) is 7.16. The maximum Gasteiger partial charge on any atom is 0.0184 e. The van der Waals surface area contributed by atoms with Gasteiger partial charge in [-0.15, -0.1) is 0 Å². The van der Waals surface area contributed by atoms with Gasteiger partial charge < -0.3 is 5.32 Å². The van der Waals surface area contributed by atoms with Gasteiger partial charge in [0.15, 0.2) is 0 Å². The quantitative estimate of drug-likeness (QED) is 0.799. The Morgan fingerprint density at radius 1 is 1.39 bits per heavy atom. The summed E-state index contributed by atoms with van der Waals surface area (Å²) in [5, 5.41) is 4.43. The van der Waals surface area contributed by atoms with Crippen LogP contribution < -0.4 is 5.32 Å². The Kier molecular flexibility index (Phi) is 6.49. The fourth-order valence-electron chi connectivity index (χ4n) is 2.52. The highest BCUT2D eigenvalue weighted by atomic mass is 32.2. The number of nitrogens with one attached hydrogen (secondary N) is 1. The van der Waals surface area contributed by atoms with Gasteiger partial charge >= 0.3 is 0 Å². The zero-order valence-corrected chi connectivity index (χ0v) is 13.9. The molecule has 1 heterocycles. The van der Waals surface area contributed by atoms with Crippen molar-refractivity contribution in [1.82, 2.24) is 10.2 Å². The molecule has 0 aromatic heterocycles. The van der Waals surface area contributed by atoms with E-state index in [4.69, 9.17) is 0 Å². The number of thioether (sulfide) groups is 1. The second-order valence-corrected chi connectivity index (χ2v) is 7.94. The zero-order chi connectivity index (χ0) is 13.8. The molecule has 1 rings (SSSR count). The van der Waals surface area contributed by atoms with Gasteiger partial charge in [0.25, 0.3) is 0 Å². The maximum absolute atomic E-state index is 3.66. The van der Waals surface area contributed by atoms with E-state index in [2.05, 4.69) is 63.5 Å². The Morgan fingerprint density at radius 2 is 2.06 bits per heavy atom. The van der Waals surface area contributed by atoms with Crippen LogP contribution in [0.25, 0.3) is 0 Å². The molecule has 108 valence electrons. The monoisotopic (exact) mass is 272 g/mol. The lowest BCUT2D eigenvalue weighted by Gasteiger charge is -2.44. The molecular weight excluding hydrogens is 240 g/mol. The van der Waals surface area contributed by atoms with Crippen LogP contribution in [-0.2, 0) is 0 Å². The van der Waals surface area contributed by atoms with E-state index in [0.29, 0.717) is 17.5 Å². The molecule has 0 aromatic carbocycles. The van der Waals surface area contributed by atoms with Gasteiger partial charge in [-0.3, -0.25) is 4.90 Å².